The van der Waals surface area contributed by atoms with Crippen molar-refractivity contribution in [1.29, 1.82) is 0 Å². The summed E-state index contributed by atoms with van der Waals surface area (Å²) in [5, 5.41) is 10.7. The van der Waals surface area contributed by atoms with E-state index in [-0.39, 0.29) is 12.6 Å². The summed E-state index contributed by atoms with van der Waals surface area (Å²) in [4.78, 5) is 8.77. The minimum atomic E-state index is -0.0230. The normalized spacial score (nSPS) is 13.4. The van der Waals surface area contributed by atoms with Gasteiger partial charge in [0.25, 0.3) is 0 Å². The van der Waals surface area contributed by atoms with Crippen LogP contribution in [0.4, 0.5) is 5.82 Å². The zero-order valence-corrected chi connectivity index (χ0v) is 11.6. The van der Waals surface area contributed by atoms with Crippen molar-refractivity contribution in [3.63, 3.8) is 0 Å². The second-order valence-electron chi connectivity index (χ2n) is 5.36. The van der Waals surface area contributed by atoms with Crippen LogP contribution in [0.2, 0.25) is 0 Å². The third kappa shape index (κ3) is 1.82. The third-order valence-corrected chi connectivity index (χ3v) is 3.75. The first-order valence-electron chi connectivity index (χ1n) is 6.75. The zero-order chi connectivity index (χ0) is 14.3. The number of aliphatic hydroxyl groups excluding tert-OH is 1. The van der Waals surface area contributed by atoms with Crippen molar-refractivity contribution in [3.8, 4) is 0 Å². The predicted molar refractivity (Wildman–Crippen MR) is 80.4 cm³/mol. The summed E-state index contributed by atoms with van der Waals surface area (Å²) in [6.07, 6.45) is 1.75. The molecule has 0 fully saturated rings. The molecule has 0 amide bonds. The lowest BCUT2D eigenvalue weighted by atomic mass is 10.0. The number of rotatable bonds is 3. The van der Waals surface area contributed by atoms with Crippen LogP contribution in [0.5, 0.6) is 0 Å². The number of fused-ring (bicyclic) bond motifs is 3. The highest BCUT2D eigenvalue weighted by Crippen LogP contribution is 2.30. The Balaban J connectivity index is 2.40. The second-order valence-corrected chi connectivity index (χ2v) is 5.36. The van der Waals surface area contributed by atoms with Gasteiger partial charge in [0.05, 0.1) is 30.0 Å². The van der Waals surface area contributed by atoms with E-state index in [4.69, 9.17) is 5.73 Å². The standard InChI is InChI=1S/C15H18N4O/c1-9(2)12(7-20)19-8-17-13-14(19)10-5-3-4-6-11(10)18-15(13)16/h3-6,8-9,12,20H,7H2,1-2H3,(H2,16,18). The number of anilines is 1. The smallest absolute Gasteiger partial charge is 0.152 e. The summed E-state index contributed by atoms with van der Waals surface area (Å²) in [7, 11) is 0. The minimum absolute atomic E-state index is 0.0230. The van der Waals surface area contributed by atoms with Gasteiger partial charge >= 0.3 is 0 Å². The maximum atomic E-state index is 9.67. The number of pyridine rings is 1. The van der Waals surface area contributed by atoms with Gasteiger partial charge in [-0.05, 0) is 12.0 Å². The monoisotopic (exact) mass is 270 g/mol. The van der Waals surface area contributed by atoms with E-state index >= 15 is 0 Å². The third-order valence-electron chi connectivity index (χ3n) is 3.75. The van der Waals surface area contributed by atoms with Gasteiger partial charge in [-0.25, -0.2) is 9.97 Å². The van der Waals surface area contributed by atoms with Gasteiger partial charge in [0.2, 0.25) is 0 Å². The van der Waals surface area contributed by atoms with Crippen molar-refractivity contribution in [2.45, 2.75) is 19.9 Å². The van der Waals surface area contributed by atoms with Crippen molar-refractivity contribution in [2.24, 2.45) is 5.92 Å². The average Bonchev–Trinajstić information content (AvgIpc) is 2.85. The number of nitrogen functional groups attached to an aromatic ring is 1. The minimum Gasteiger partial charge on any atom is -0.394 e. The fraction of sp³-hybridized carbons (Fsp3) is 0.333. The summed E-state index contributed by atoms with van der Waals surface area (Å²) in [6, 6.07) is 7.83. The van der Waals surface area contributed by atoms with Crippen LogP contribution in [-0.4, -0.2) is 26.2 Å². The fourth-order valence-electron chi connectivity index (χ4n) is 2.64. The molecule has 20 heavy (non-hydrogen) atoms. The number of nitrogens with zero attached hydrogens (tertiary/aromatic N) is 3. The molecule has 3 aromatic rings. The summed E-state index contributed by atoms with van der Waals surface area (Å²) in [5.74, 6) is 0.725. The Labute approximate surface area is 117 Å². The van der Waals surface area contributed by atoms with Crippen LogP contribution in [0.3, 0.4) is 0 Å². The maximum absolute atomic E-state index is 9.67. The van der Waals surface area contributed by atoms with E-state index in [0.29, 0.717) is 17.3 Å². The first kappa shape index (κ1) is 12.9. The van der Waals surface area contributed by atoms with Crippen LogP contribution in [0, 0.1) is 5.92 Å². The molecule has 104 valence electrons. The molecular formula is C15H18N4O. The van der Waals surface area contributed by atoms with Crippen molar-refractivity contribution in [3.05, 3.63) is 30.6 Å². The summed E-state index contributed by atoms with van der Waals surface area (Å²) in [6.45, 7) is 4.23. The zero-order valence-electron chi connectivity index (χ0n) is 11.6. The Morgan fingerprint density at radius 2 is 2.05 bits per heavy atom. The van der Waals surface area contributed by atoms with E-state index in [1.165, 1.54) is 0 Å². The molecule has 1 atom stereocenters. The summed E-state index contributed by atoms with van der Waals surface area (Å²) >= 11 is 0. The number of nitrogens with two attached hydrogens (primary N) is 1. The molecule has 1 unspecified atom stereocenters. The molecule has 0 radical (unpaired) electrons. The van der Waals surface area contributed by atoms with Crippen LogP contribution in [0.1, 0.15) is 19.9 Å². The number of imidazole rings is 1. The Hall–Kier alpha value is -2.14. The maximum Gasteiger partial charge on any atom is 0.152 e. The largest absolute Gasteiger partial charge is 0.394 e. The second kappa shape index (κ2) is 4.76. The van der Waals surface area contributed by atoms with E-state index < -0.39 is 0 Å². The highest BCUT2D eigenvalue weighted by molar-refractivity contribution is 6.06. The topological polar surface area (TPSA) is 77.0 Å². The number of hydrogen-bond acceptors (Lipinski definition) is 4. The molecule has 0 aliphatic carbocycles. The molecule has 0 saturated heterocycles. The van der Waals surface area contributed by atoms with Crippen LogP contribution in [-0.2, 0) is 0 Å². The van der Waals surface area contributed by atoms with Crippen LogP contribution in [0.25, 0.3) is 21.9 Å². The molecule has 3 rings (SSSR count). The lowest BCUT2D eigenvalue weighted by Gasteiger charge is -2.21. The van der Waals surface area contributed by atoms with Gasteiger partial charge in [-0.3, -0.25) is 0 Å². The first-order valence-corrected chi connectivity index (χ1v) is 6.75. The van der Waals surface area contributed by atoms with Crippen LogP contribution in [0.15, 0.2) is 30.6 Å². The van der Waals surface area contributed by atoms with E-state index in [1.807, 2.05) is 28.8 Å². The van der Waals surface area contributed by atoms with Gasteiger partial charge < -0.3 is 15.4 Å². The van der Waals surface area contributed by atoms with E-state index in [2.05, 4.69) is 23.8 Å². The molecule has 5 heteroatoms. The number of hydrogen-bond donors (Lipinski definition) is 2. The molecule has 0 bridgehead atoms. The Bertz CT molecular complexity index is 763. The molecule has 2 heterocycles. The Morgan fingerprint density at radius 3 is 2.75 bits per heavy atom. The van der Waals surface area contributed by atoms with Gasteiger partial charge in [-0.1, -0.05) is 32.0 Å². The molecule has 1 aromatic carbocycles. The van der Waals surface area contributed by atoms with Gasteiger partial charge in [0.1, 0.15) is 5.52 Å². The van der Waals surface area contributed by atoms with Gasteiger partial charge in [0.15, 0.2) is 5.82 Å². The van der Waals surface area contributed by atoms with Gasteiger partial charge in [-0.2, -0.15) is 0 Å². The highest BCUT2D eigenvalue weighted by Gasteiger charge is 2.20. The lowest BCUT2D eigenvalue weighted by molar-refractivity contribution is 0.196. The van der Waals surface area contributed by atoms with Gasteiger partial charge in [0, 0.05) is 5.39 Å². The van der Waals surface area contributed by atoms with Crippen LogP contribution < -0.4 is 5.73 Å². The van der Waals surface area contributed by atoms with E-state index in [0.717, 1.165) is 16.4 Å². The van der Waals surface area contributed by atoms with Crippen molar-refractivity contribution >= 4 is 27.8 Å². The number of aliphatic hydroxyl groups is 1. The molecule has 0 aliphatic rings. The number of aromatic nitrogens is 3. The lowest BCUT2D eigenvalue weighted by Crippen LogP contribution is -2.18. The average molecular weight is 270 g/mol. The molecule has 3 N–H and O–H groups in total. The van der Waals surface area contributed by atoms with Crippen molar-refractivity contribution in [2.75, 3.05) is 12.3 Å². The fourth-order valence-corrected chi connectivity index (χ4v) is 2.64. The number of para-hydroxylation sites is 1. The van der Waals surface area contributed by atoms with Crippen LogP contribution >= 0.6 is 0 Å². The van der Waals surface area contributed by atoms with Crippen molar-refractivity contribution in [1.82, 2.24) is 14.5 Å². The predicted octanol–water partition coefficient (Wildman–Crippen LogP) is 2.36. The molecule has 0 spiro atoms. The molecule has 0 saturated carbocycles. The first-order chi connectivity index (χ1) is 9.63. The molecular weight excluding hydrogens is 252 g/mol. The SMILES string of the molecule is CC(C)C(CO)n1cnc2c(N)nc3ccccc3c21. The van der Waals surface area contributed by atoms with E-state index in [9.17, 15) is 5.11 Å². The quantitative estimate of drug-likeness (QED) is 0.766. The van der Waals surface area contributed by atoms with Gasteiger partial charge in [-0.15, -0.1) is 0 Å². The molecule has 0 aliphatic heterocycles. The Kier molecular flexibility index (Phi) is 3.06. The Morgan fingerprint density at radius 1 is 1.30 bits per heavy atom. The number of benzene rings is 1. The highest BCUT2D eigenvalue weighted by atomic mass is 16.3. The summed E-state index contributed by atoms with van der Waals surface area (Å²) in [5.41, 5.74) is 8.49. The molecule has 2 aromatic heterocycles. The molecule has 5 nitrogen and oxygen atoms in total. The van der Waals surface area contributed by atoms with Crippen molar-refractivity contribution < 1.29 is 5.11 Å². The summed E-state index contributed by atoms with van der Waals surface area (Å²) < 4.78 is 2.01. The van der Waals surface area contributed by atoms with E-state index in [1.54, 1.807) is 6.33 Å².